The van der Waals surface area contributed by atoms with Gasteiger partial charge in [0.1, 0.15) is 11.0 Å². The van der Waals surface area contributed by atoms with E-state index in [1.165, 1.54) is 0 Å². The fraction of sp³-hybridized carbons (Fsp3) is 0.316. The lowest BCUT2D eigenvalue weighted by molar-refractivity contribution is 0.381. The minimum Gasteiger partial charge on any atom is -0.203 e. The second-order valence-electron chi connectivity index (χ2n) is 12.6. The van der Waals surface area contributed by atoms with Gasteiger partial charge in [-0.05, 0) is 48.9 Å². The summed E-state index contributed by atoms with van der Waals surface area (Å²) in [5, 5.41) is 0. The predicted octanol–water partition coefficient (Wildman–Crippen LogP) is 14.1. The SMILES string of the molecule is CCCCCCc1cc(-c2ccc(-c3cc(CCCCCC)c(-c4c(F)c(F)c(F)c(F)c4F)s3)c3nsnc23)sc1-c1c(F)c(F)c(F)c(F)c1F. The maximum absolute atomic E-state index is 15.1. The molecule has 0 atom stereocenters. The van der Waals surface area contributed by atoms with Gasteiger partial charge in [0.25, 0.3) is 0 Å². The van der Waals surface area contributed by atoms with Crippen molar-refractivity contribution in [1.29, 1.82) is 0 Å². The van der Waals surface area contributed by atoms with E-state index in [2.05, 4.69) is 8.75 Å². The highest BCUT2D eigenvalue weighted by Crippen LogP contribution is 2.47. The monoisotopic (exact) mass is 800 g/mol. The van der Waals surface area contributed by atoms with Crippen LogP contribution in [0.3, 0.4) is 0 Å². The largest absolute Gasteiger partial charge is 0.203 e. The Kier molecular flexibility index (Phi) is 11.9. The molecular weight excluding hydrogens is 771 g/mol. The molecule has 0 amide bonds. The zero-order valence-electron chi connectivity index (χ0n) is 28.3. The van der Waals surface area contributed by atoms with Crippen molar-refractivity contribution in [2.24, 2.45) is 0 Å². The van der Waals surface area contributed by atoms with Crippen molar-refractivity contribution in [3.8, 4) is 41.8 Å². The Bertz CT molecular complexity index is 2090. The van der Waals surface area contributed by atoms with Crippen molar-refractivity contribution in [2.45, 2.75) is 78.1 Å². The Labute approximate surface area is 310 Å². The summed E-state index contributed by atoms with van der Waals surface area (Å²) in [6.07, 6.45) is 6.96. The van der Waals surface area contributed by atoms with Gasteiger partial charge in [-0.25, -0.2) is 43.9 Å². The van der Waals surface area contributed by atoms with Crippen LogP contribution in [0.1, 0.15) is 76.3 Å². The molecule has 0 saturated heterocycles. The number of thiophene rings is 2. The van der Waals surface area contributed by atoms with Crippen molar-refractivity contribution >= 4 is 45.4 Å². The lowest BCUT2D eigenvalue weighted by Crippen LogP contribution is -2.04. The molecular formula is C38H30F10N2S3. The van der Waals surface area contributed by atoms with E-state index in [0.29, 0.717) is 68.7 Å². The van der Waals surface area contributed by atoms with Gasteiger partial charge < -0.3 is 0 Å². The third kappa shape index (κ3) is 7.23. The van der Waals surface area contributed by atoms with Gasteiger partial charge >= 0.3 is 0 Å². The normalized spacial score (nSPS) is 11.8. The Morgan fingerprint density at radius 1 is 0.453 bits per heavy atom. The van der Waals surface area contributed by atoms with Crippen LogP contribution in [-0.2, 0) is 12.8 Å². The molecule has 53 heavy (non-hydrogen) atoms. The summed E-state index contributed by atoms with van der Waals surface area (Å²) in [4.78, 5) is 0.624. The molecule has 2 nitrogen and oxygen atoms in total. The number of aryl methyl sites for hydroxylation is 2. The first-order valence-electron chi connectivity index (χ1n) is 17.0. The zero-order chi connectivity index (χ0) is 38.1. The summed E-state index contributed by atoms with van der Waals surface area (Å²) in [6.45, 7) is 4.01. The molecule has 15 heteroatoms. The highest BCUT2D eigenvalue weighted by molar-refractivity contribution is 7.19. The van der Waals surface area contributed by atoms with Gasteiger partial charge in [0.05, 0.1) is 22.9 Å². The molecule has 0 fully saturated rings. The highest BCUT2D eigenvalue weighted by atomic mass is 32.1. The van der Waals surface area contributed by atoms with Gasteiger partial charge in [-0.1, -0.05) is 64.5 Å². The molecule has 0 saturated carbocycles. The minimum absolute atomic E-state index is 0.108. The standard InChI is InChI=1S/C38H30F10N2S3/c1-3-5-7-9-11-17-15-21(51-37(17)23-25(39)29(43)33(47)30(44)26(23)40)19-13-14-20(36-35(19)49-53-50-36)22-16-18(12-10-8-6-4-2)38(52-22)24-27(41)31(45)34(48)32(46)28(24)42/h13-16H,3-12H2,1-2H3. The zero-order valence-corrected chi connectivity index (χ0v) is 30.7. The molecule has 3 heterocycles. The number of aromatic nitrogens is 2. The smallest absolute Gasteiger partial charge is 0.200 e. The summed E-state index contributed by atoms with van der Waals surface area (Å²) in [6, 6.07) is 6.54. The van der Waals surface area contributed by atoms with Crippen LogP contribution in [0.5, 0.6) is 0 Å². The van der Waals surface area contributed by atoms with Gasteiger partial charge in [0.2, 0.25) is 11.6 Å². The average Bonchev–Trinajstić information content (AvgIpc) is 3.91. The summed E-state index contributed by atoms with van der Waals surface area (Å²) in [5.41, 5.74) is 0.298. The first-order valence-corrected chi connectivity index (χ1v) is 19.3. The van der Waals surface area contributed by atoms with Crippen LogP contribution in [0, 0.1) is 58.2 Å². The molecule has 280 valence electrons. The van der Waals surface area contributed by atoms with E-state index in [0.717, 1.165) is 72.9 Å². The van der Waals surface area contributed by atoms with Crippen molar-refractivity contribution < 1.29 is 43.9 Å². The summed E-state index contributed by atoms with van der Waals surface area (Å²) in [5.74, 6) is -20.4. The van der Waals surface area contributed by atoms with Gasteiger partial charge in [0.15, 0.2) is 46.5 Å². The molecule has 3 aromatic heterocycles. The Morgan fingerprint density at radius 3 is 1.13 bits per heavy atom. The van der Waals surface area contributed by atoms with Crippen molar-refractivity contribution in [3.05, 3.63) is 93.6 Å². The van der Waals surface area contributed by atoms with Crippen molar-refractivity contribution in [2.75, 3.05) is 0 Å². The predicted molar refractivity (Wildman–Crippen MR) is 190 cm³/mol. The van der Waals surface area contributed by atoms with Crippen LogP contribution >= 0.6 is 34.4 Å². The molecule has 0 spiro atoms. The van der Waals surface area contributed by atoms with Crippen molar-refractivity contribution in [1.82, 2.24) is 8.75 Å². The van der Waals surface area contributed by atoms with E-state index >= 15 is 17.6 Å². The van der Waals surface area contributed by atoms with E-state index in [1.54, 1.807) is 24.3 Å². The maximum atomic E-state index is 15.1. The third-order valence-corrected chi connectivity index (χ3v) is 12.0. The fourth-order valence-electron chi connectivity index (χ4n) is 6.27. The van der Waals surface area contributed by atoms with E-state index in [1.807, 2.05) is 13.8 Å². The Morgan fingerprint density at radius 2 is 0.792 bits per heavy atom. The average molecular weight is 801 g/mol. The van der Waals surface area contributed by atoms with E-state index in [-0.39, 0.29) is 9.75 Å². The molecule has 3 aromatic carbocycles. The van der Waals surface area contributed by atoms with Crippen LogP contribution in [0.2, 0.25) is 0 Å². The van der Waals surface area contributed by atoms with Crippen LogP contribution < -0.4 is 0 Å². The van der Waals surface area contributed by atoms with E-state index in [4.69, 9.17) is 0 Å². The fourth-order valence-corrected chi connectivity index (χ4v) is 9.39. The summed E-state index contributed by atoms with van der Waals surface area (Å²) < 4.78 is 155. The van der Waals surface area contributed by atoms with E-state index < -0.39 is 69.3 Å². The molecule has 0 aliphatic rings. The molecule has 0 N–H and O–H groups in total. The quantitative estimate of drug-likeness (QED) is 0.0475. The van der Waals surface area contributed by atoms with Crippen LogP contribution in [0.25, 0.3) is 52.8 Å². The second kappa shape index (κ2) is 16.3. The van der Waals surface area contributed by atoms with Gasteiger partial charge in [0, 0.05) is 30.6 Å². The number of unbranched alkanes of at least 4 members (excludes halogenated alkanes) is 6. The molecule has 0 aliphatic carbocycles. The number of rotatable bonds is 14. The highest BCUT2D eigenvalue weighted by Gasteiger charge is 2.31. The molecule has 0 bridgehead atoms. The number of hydrogen-bond acceptors (Lipinski definition) is 5. The maximum Gasteiger partial charge on any atom is 0.200 e. The van der Waals surface area contributed by atoms with Crippen LogP contribution in [0.15, 0.2) is 24.3 Å². The third-order valence-electron chi connectivity index (χ3n) is 9.04. The number of fused-ring (bicyclic) bond motifs is 1. The first kappa shape index (κ1) is 38.9. The summed E-state index contributed by atoms with van der Waals surface area (Å²) >= 11 is 2.52. The second-order valence-corrected chi connectivity index (χ2v) is 15.2. The van der Waals surface area contributed by atoms with Crippen molar-refractivity contribution in [3.63, 3.8) is 0 Å². The van der Waals surface area contributed by atoms with Gasteiger partial charge in [-0.3, -0.25) is 0 Å². The number of nitrogens with zero attached hydrogens (tertiary/aromatic N) is 2. The van der Waals surface area contributed by atoms with E-state index in [9.17, 15) is 26.3 Å². The molecule has 6 aromatic rings. The lowest BCUT2D eigenvalue weighted by Gasteiger charge is -2.09. The number of halogens is 10. The minimum atomic E-state index is -2.25. The van der Waals surface area contributed by atoms with Gasteiger partial charge in [-0.2, -0.15) is 8.75 Å². The topological polar surface area (TPSA) is 25.8 Å². The summed E-state index contributed by atoms with van der Waals surface area (Å²) in [7, 11) is 0. The Hall–Kier alpha value is -3.82. The van der Waals surface area contributed by atoms with Gasteiger partial charge in [-0.15, -0.1) is 22.7 Å². The number of benzene rings is 3. The lowest BCUT2D eigenvalue weighted by atomic mass is 9.99. The molecule has 0 radical (unpaired) electrons. The van der Waals surface area contributed by atoms with Crippen LogP contribution in [-0.4, -0.2) is 8.75 Å². The molecule has 0 aliphatic heterocycles. The number of hydrogen-bond donors (Lipinski definition) is 0. The molecule has 6 rings (SSSR count). The van der Waals surface area contributed by atoms with Crippen LogP contribution in [0.4, 0.5) is 43.9 Å². The Balaban J connectivity index is 1.48. The first-order chi connectivity index (χ1) is 25.4. The molecule has 0 unspecified atom stereocenters.